The van der Waals surface area contributed by atoms with Crippen LogP contribution in [0.4, 0.5) is 0 Å². The Hall–Kier alpha value is -1.46. The van der Waals surface area contributed by atoms with Crippen molar-refractivity contribution >= 4 is 33.2 Å². The maximum absolute atomic E-state index is 5.66. The summed E-state index contributed by atoms with van der Waals surface area (Å²) in [5, 5.41) is 8.89. The zero-order valence-corrected chi connectivity index (χ0v) is 9.72. The van der Waals surface area contributed by atoms with Crippen molar-refractivity contribution in [1.29, 1.82) is 0 Å². The quantitative estimate of drug-likeness (QED) is 0.712. The van der Waals surface area contributed by atoms with Crippen LogP contribution >= 0.6 is 22.9 Å². The van der Waals surface area contributed by atoms with Crippen molar-refractivity contribution in [3.63, 3.8) is 0 Å². The van der Waals surface area contributed by atoms with E-state index in [2.05, 4.69) is 20.2 Å². The number of nitrogens with one attached hydrogen (secondary N) is 1. The van der Waals surface area contributed by atoms with Crippen molar-refractivity contribution in [2.45, 2.75) is 5.88 Å². The highest BCUT2D eigenvalue weighted by molar-refractivity contribution is 7.17. The molecular formula is C10H7ClN4S. The summed E-state index contributed by atoms with van der Waals surface area (Å²) >= 11 is 7.31. The Morgan fingerprint density at radius 3 is 3.19 bits per heavy atom. The molecule has 0 aliphatic carbocycles. The molecule has 3 aromatic rings. The molecule has 0 fully saturated rings. The highest BCUT2D eigenvalue weighted by Gasteiger charge is 2.07. The molecule has 0 saturated carbocycles. The van der Waals surface area contributed by atoms with Gasteiger partial charge in [0.05, 0.1) is 16.1 Å². The number of pyridine rings is 1. The first-order valence-electron chi connectivity index (χ1n) is 4.67. The molecule has 3 heterocycles. The molecule has 0 bridgehead atoms. The average Bonchev–Trinajstić information content (AvgIpc) is 2.96. The van der Waals surface area contributed by atoms with E-state index in [4.69, 9.17) is 11.6 Å². The lowest BCUT2D eigenvalue weighted by molar-refractivity contribution is 1.02. The van der Waals surface area contributed by atoms with E-state index in [-0.39, 0.29) is 0 Å². The lowest BCUT2D eigenvalue weighted by Gasteiger charge is -1.94. The molecule has 0 aliphatic rings. The van der Waals surface area contributed by atoms with Gasteiger partial charge in [0.15, 0.2) is 5.82 Å². The topological polar surface area (TPSA) is 54.5 Å². The fourth-order valence-electron chi connectivity index (χ4n) is 1.45. The molecule has 0 amide bonds. The third-order valence-corrected chi connectivity index (χ3v) is 3.33. The number of hydrogen-bond acceptors (Lipinski definition) is 4. The number of aromatic amines is 1. The van der Waals surface area contributed by atoms with Gasteiger partial charge in [-0.3, -0.25) is 10.1 Å². The Kier molecular flexibility index (Phi) is 2.34. The predicted octanol–water partition coefficient (Wildman–Crippen LogP) is 2.82. The van der Waals surface area contributed by atoms with Crippen molar-refractivity contribution in [1.82, 2.24) is 20.2 Å². The molecule has 6 heteroatoms. The van der Waals surface area contributed by atoms with E-state index in [1.54, 1.807) is 17.5 Å². The van der Waals surface area contributed by atoms with Gasteiger partial charge in [-0.05, 0) is 17.5 Å². The molecule has 3 aromatic heterocycles. The van der Waals surface area contributed by atoms with Crippen molar-refractivity contribution in [3.8, 4) is 11.4 Å². The van der Waals surface area contributed by atoms with E-state index in [0.717, 1.165) is 15.8 Å². The number of aromatic nitrogens is 4. The van der Waals surface area contributed by atoms with Crippen LogP contribution in [-0.2, 0) is 5.88 Å². The number of fused-ring (bicyclic) bond motifs is 1. The summed E-state index contributed by atoms with van der Waals surface area (Å²) in [6.45, 7) is 0. The third kappa shape index (κ3) is 1.58. The summed E-state index contributed by atoms with van der Waals surface area (Å²) in [6, 6.07) is 4.03. The number of nitrogens with zero attached hydrogens (tertiary/aromatic N) is 3. The highest BCUT2D eigenvalue weighted by atomic mass is 35.5. The van der Waals surface area contributed by atoms with Crippen molar-refractivity contribution in [2.75, 3.05) is 0 Å². The molecule has 80 valence electrons. The maximum Gasteiger partial charge on any atom is 0.182 e. The van der Waals surface area contributed by atoms with Crippen molar-refractivity contribution < 1.29 is 0 Å². The normalized spacial score (nSPS) is 11.1. The zero-order chi connectivity index (χ0) is 11.0. The average molecular weight is 251 g/mol. The smallest absolute Gasteiger partial charge is 0.182 e. The van der Waals surface area contributed by atoms with Gasteiger partial charge >= 0.3 is 0 Å². The van der Waals surface area contributed by atoms with Crippen LogP contribution in [0, 0.1) is 0 Å². The largest absolute Gasteiger partial charge is 0.262 e. The first-order valence-corrected chi connectivity index (χ1v) is 6.09. The molecule has 3 rings (SSSR count). The van der Waals surface area contributed by atoms with Crippen LogP contribution in [-0.4, -0.2) is 20.2 Å². The number of thiophene rings is 1. The van der Waals surface area contributed by atoms with Crippen LogP contribution in [0.5, 0.6) is 0 Å². The zero-order valence-electron chi connectivity index (χ0n) is 8.14. The van der Waals surface area contributed by atoms with Gasteiger partial charge in [0.25, 0.3) is 0 Å². The van der Waals surface area contributed by atoms with Gasteiger partial charge in [-0.1, -0.05) is 0 Å². The number of hydrogen-bond donors (Lipinski definition) is 1. The summed E-state index contributed by atoms with van der Waals surface area (Å²) in [5.74, 6) is 1.64. The lowest BCUT2D eigenvalue weighted by Crippen LogP contribution is -1.83. The minimum Gasteiger partial charge on any atom is -0.262 e. The molecule has 0 aliphatic heterocycles. The molecular weight excluding hydrogens is 244 g/mol. The van der Waals surface area contributed by atoms with Gasteiger partial charge in [-0.15, -0.1) is 22.9 Å². The van der Waals surface area contributed by atoms with Gasteiger partial charge in [0, 0.05) is 11.8 Å². The fourth-order valence-corrected chi connectivity index (χ4v) is 2.35. The van der Waals surface area contributed by atoms with Gasteiger partial charge in [-0.2, -0.15) is 5.10 Å². The lowest BCUT2D eigenvalue weighted by atomic mass is 10.2. The molecule has 16 heavy (non-hydrogen) atoms. The summed E-state index contributed by atoms with van der Waals surface area (Å²) in [5.41, 5.74) is 1.91. The van der Waals surface area contributed by atoms with Crippen LogP contribution in [0.15, 0.2) is 23.7 Å². The second kappa shape index (κ2) is 3.84. The monoisotopic (exact) mass is 250 g/mol. The SMILES string of the molecule is ClCc1nc(-c2cnc3ccsc3c2)n[nH]1. The minimum atomic E-state index is 0.335. The summed E-state index contributed by atoms with van der Waals surface area (Å²) < 4.78 is 1.13. The van der Waals surface area contributed by atoms with Crippen molar-refractivity contribution in [2.24, 2.45) is 0 Å². The third-order valence-electron chi connectivity index (χ3n) is 2.22. The second-order valence-corrected chi connectivity index (χ2v) is 4.48. The molecule has 1 N–H and O–H groups in total. The van der Waals surface area contributed by atoms with Gasteiger partial charge in [0.1, 0.15) is 5.82 Å². The minimum absolute atomic E-state index is 0.335. The Morgan fingerprint density at radius 1 is 1.44 bits per heavy atom. The Balaban J connectivity index is 2.10. The molecule has 0 saturated heterocycles. The Morgan fingerprint density at radius 2 is 2.38 bits per heavy atom. The Labute approximate surface area is 100 Å². The van der Waals surface area contributed by atoms with E-state index in [1.165, 1.54) is 0 Å². The van der Waals surface area contributed by atoms with E-state index < -0.39 is 0 Å². The number of alkyl halides is 1. The number of H-pyrrole nitrogens is 1. The standard InChI is InChI=1S/C10H7ClN4S/c11-4-9-13-10(15-14-9)6-3-8-7(12-5-6)1-2-16-8/h1-3,5H,4H2,(H,13,14,15). The van der Waals surface area contributed by atoms with E-state index in [9.17, 15) is 0 Å². The van der Waals surface area contributed by atoms with Gasteiger partial charge in [0.2, 0.25) is 0 Å². The van der Waals surface area contributed by atoms with Crippen LogP contribution in [0.1, 0.15) is 5.82 Å². The van der Waals surface area contributed by atoms with Crippen molar-refractivity contribution in [3.05, 3.63) is 29.5 Å². The molecule has 0 radical (unpaired) electrons. The number of rotatable bonds is 2. The first-order chi connectivity index (χ1) is 7.86. The van der Waals surface area contributed by atoms with Crippen LogP contribution in [0.3, 0.4) is 0 Å². The van der Waals surface area contributed by atoms with Crippen LogP contribution in [0.2, 0.25) is 0 Å². The highest BCUT2D eigenvalue weighted by Crippen LogP contribution is 2.23. The molecule has 0 spiro atoms. The first kappa shape index (κ1) is 9.74. The molecule has 4 nitrogen and oxygen atoms in total. The summed E-state index contributed by atoms with van der Waals surface area (Å²) in [7, 11) is 0. The van der Waals surface area contributed by atoms with E-state index in [0.29, 0.717) is 17.5 Å². The van der Waals surface area contributed by atoms with E-state index in [1.807, 2.05) is 17.5 Å². The van der Waals surface area contributed by atoms with Crippen LogP contribution < -0.4 is 0 Å². The molecule has 0 atom stereocenters. The number of halogens is 1. The Bertz CT molecular complexity index is 630. The van der Waals surface area contributed by atoms with Gasteiger partial charge < -0.3 is 0 Å². The second-order valence-electron chi connectivity index (χ2n) is 3.27. The molecule has 0 unspecified atom stereocenters. The molecule has 0 aromatic carbocycles. The maximum atomic E-state index is 5.66. The predicted molar refractivity (Wildman–Crippen MR) is 64.6 cm³/mol. The summed E-state index contributed by atoms with van der Waals surface area (Å²) in [6.07, 6.45) is 1.77. The van der Waals surface area contributed by atoms with Crippen LogP contribution in [0.25, 0.3) is 21.6 Å². The fraction of sp³-hybridized carbons (Fsp3) is 0.100. The van der Waals surface area contributed by atoms with E-state index >= 15 is 0 Å². The van der Waals surface area contributed by atoms with Gasteiger partial charge in [-0.25, -0.2) is 4.98 Å². The summed E-state index contributed by atoms with van der Waals surface area (Å²) in [4.78, 5) is 8.59.